The van der Waals surface area contributed by atoms with E-state index in [0.717, 1.165) is 25.7 Å². The lowest BCUT2D eigenvalue weighted by atomic mass is 10.0. The van der Waals surface area contributed by atoms with Crippen molar-refractivity contribution in [3.05, 3.63) is 0 Å². The van der Waals surface area contributed by atoms with Crippen LogP contribution >= 0.6 is 7.82 Å². The Kier molecular flexibility index (Phi) is 19.3. The van der Waals surface area contributed by atoms with Crippen molar-refractivity contribution >= 4 is 13.8 Å². The summed E-state index contributed by atoms with van der Waals surface area (Å²) in [5.41, 5.74) is 5.38. The molecule has 3 saturated heterocycles. The minimum Gasteiger partial charge on any atom is -0.457 e. The van der Waals surface area contributed by atoms with E-state index < -0.39 is 19.8 Å². The van der Waals surface area contributed by atoms with Gasteiger partial charge in [-0.2, -0.15) is 0 Å². The molecule has 0 radical (unpaired) electrons. The van der Waals surface area contributed by atoms with Crippen molar-refractivity contribution in [1.82, 2.24) is 10.4 Å². The van der Waals surface area contributed by atoms with Crippen molar-refractivity contribution in [3.63, 3.8) is 0 Å². The number of aliphatic hydroxyl groups is 1. The number of nitrogens with two attached hydrogens (primary N) is 1. The fraction of sp³-hybridized carbons (Fsp3) is 0.971. The molecule has 11 nitrogen and oxygen atoms in total. The van der Waals surface area contributed by atoms with Crippen LogP contribution in [0.15, 0.2) is 0 Å². The Labute approximate surface area is 285 Å². The van der Waals surface area contributed by atoms with Crippen molar-refractivity contribution in [2.24, 2.45) is 5.73 Å². The minimum absolute atomic E-state index is 0.0652. The van der Waals surface area contributed by atoms with Crippen molar-refractivity contribution in [3.8, 4) is 0 Å². The third-order valence-corrected chi connectivity index (χ3v) is 10.8. The van der Waals surface area contributed by atoms with Gasteiger partial charge in [-0.05, 0) is 12.8 Å². The van der Waals surface area contributed by atoms with Gasteiger partial charge in [0.1, 0.15) is 6.61 Å². The van der Waals surface area contributed by atoms with Gasteiger partial charge in [0.05, 0.1) is 17.7 Å². The number of nitrogens with zero attached hydrogens (tertiary/aromatic N) is 1. The zero-order valence-corrected chi connectivity index (χ0v) is 30.6. The zero-order valence-electron chi connectivity index (χ0n) is 29.7. The van der Waals surface area contributed by atoms with E-state index in [-0.39, 0.29) is 44.4 Å². The first-order valence-corrected chi connectivity index (χ1v) is 20.8. The number of carbonyl (C=O) groups excluding carboxylic acids is 1. The summed E-state index contributed by atoms with van der Waals surface area (Å²) in [5.74, 6) is -1.52. The van der Waals surface area contributed by atoms with E-state index in [1.807, 2.05) is 0 Å². The second-order valence-electron chi connectivity index (χ2n) is 14.0. The number of ether oxygens (including phenoxy) is 1. The van der Waals surface area contributed by atoms with Crippen LogP contribution in [0.25, 0.3) is 0 Å². The van der Waals surface area contributed by atoms with Gasteiger partial charge in [0.25, 0.3) is 0 Å². The van der Waals surface area contributed by atoms with Crippen LogP contribution in [0.5, 0.6) is 0 Å². The van der Waals surface area contributed by atoms with Crippen LogP contribution in [0.1, 0.15) is 162 Å². The van der Waals surface area contributed by atoms with E-state index in [1.165, 1.54) is 116 Å². The third kappa shape index (κ3) is 14.6. The lowest BCUT2D eigenvalue weighted by molar-refractivity contribution is -0.266. The lowest BCUT2D eigenvalue weighted by Crippen LogP contribution is -2.40. The second-order valence-corrected chi connectivity index (χ2v) is 15.4. The Morgan fingerprint density at radius 1 is 0.830 bits per heavy atom. The van der Waals surface area contributed by atoms with Crippen LogP contribution in [-0.4, -0.2) is 77.5 Å². The Balaban J connectivity index is 1.30. The minimum atomic E-state index is -4.33. The van der Waals surface area contributed by atoms with E-state index in [9.17, 15) is 19.4 Å². The first-order valence-electron chi connectivity index (χ1n) is 19.3. The van der Waals surface area contributed by atoms with Gasteiger partial charge < -0.3 is 25.8 Å². The summed E-state index contributed by atoms with van der Waals surface area (Å²) in [6.07, 6.45) is 27.1. The van der Waals surface area contributed by atoms with Crippen molar-refractivity contribution < 1.29 is 37.6 Å². The largest absolute Gasteiger partial charge is 0.472 e. The van der Waals surface area contributed by atoms with Gasteiger partial charge in [0.2, 0.25) is 12.1 Å². The Morgan fingerprint density at radius 3 is 1.83 bits per heavy atom. The Hall–Kier alpha value is -0.620. The van der Waals surface area contributed by atoms with Crippen LogP contribution in [0, 0.1) is 0 Å². The lowest BCUT2D eigenvalue weighted by Gasteiger charge is -2.20. The molecule has 3 rings (SSSR count). The molecule has 276 valence electrons. The topological polar surface area (TPSA) is 156 Å². The second kappa shape index (κ2) is 22.3. The molecule has 47 heavy (non-hydrogen) atoms. The average Bonchev–Trinajstić information content (AvgIpc) is 4.00. The summed E-state index contributed by atoms with van der Waals surface area (Å²) < 4.78 is 30.5. The van der Waals surface area contributed by atoms with E-state index in [2.05, 4.69) is 23.6 Å². The number of phosphoric acid groups is 1. The molecule has 0 aromatic heterocycles. The van der Waals surface area contributed by atoms with Crippen molar-refractivity contribution in [1.29, 1.82) is 0 Å². The molecular weight excluding hydrogens is 621 g/mol. The monoisotopic (exact) mass is 690 g/mol. The van der Waals surface area contributed by atoms with Crippen molar-refractivity contribution in [2.75, 3.05) is 26.4 Å². The predicted octanol–water partition coefficient (Wildman–Crippen LogP) is 7.15. The highest BCUT2D eigenvalue weighted by atomic mass is 31.2. The summed E-state index contributed by atoms with van der Waals surface area (Å²) in [5, 5.41) is 16.5. The van der Waals surface area contributed by atoms with Gasteiger partial charge >= 0.3 is 19.7 Å². The molecule has 7 atom stereocenters. The normalized spacial score (nSPS) is 26.5. The molecule has 0 aromatic carbocycles. The van der Waals surface area contributed by atoms with Crippen LogP contribution in [0.2, 0.25) is 0 Å². The average molecular weight is 691 g/mol. The molecule has 0 aliphatic carbocycles. The molecule has 3 aliphatic rings. The SMILES string of the molecule is CCCCCCCCCCCCCC(=O)OC[C@H](COP(=O)(O)OCCN)[O+]1N2[C@@H]([C@H]3N[C@@H]3CCCCCCCCCCCC)C21O. The van der Waals surface area contributed by atoms with E-state index in [4.69, 9.17) is 19.5 Å². The number of phosphoric ester groups is 1. The molecular formula is C35H69N3O8P+. The molecule has 0 amide bonds. The number of esters is 1. The van der Waals surface area contributed by atoms with Gasteiger partial charge in [0, 0.05) is 19.0 Å². The maximum absolute atomic E-state index is 12.5. The predicted molar refractivity (Wildman–Crippen MR) is 185 cm³/mol. The van der Waals surface area contributed by atoms with Gasteiger partial charge in [-0.1, -0.05) is 142 Å². The quantitative estimate of drug-likeness (QED) is 0.0183. The fourth-order valence-electron chi connectivity index (χ4n) is 6.84. The summed E-state index contributed by atoms with van der Waals surface area (Å²) in [6.45, 7) is 4.12. The standard InChI is InChI=1S/C35H68N3O8P/c1-3-5-7-9-11-13-15-17-19-21-23-25-32(39)43-28-30(29-45-47(41,42)44-27-26-36)46-35(40)34(38(35)46)33-31(37-33)24-22-20-18-16-14-12-10-8-6-4-2/h30-31,33-34,37,40H,3-29,36H2,1-2H3/p+1/t30-,31-,33+,34+,35?,38?/m1/s1. The van der Waals surface area contributed by atoms with Gasteiger partial charge in [-0.3, -0.25) is 18.3 Å². The van der Waals surface area contributed by atoms with Crippen LogP contribution < -0.4 is 11.1 Å². The van der Waals surface area contributed by atoms with E-state index in [1.54, 1.807) is 5.06 Å². The first kappa shape index (κ1) is 40.8. The molecule has 3 unspecified atom stereocenters. The number of unbranched alkanes of at least 4 members (excludes halogenated alkanes) is 19. The molecule has 3 fully saturated rings. The number of rotatable bonds is 33. The number of hydroxylamine groups is 2. The summed E-state index contributed by atoms with van der Waals surface area (Å²) in [7, 11) is -4.33. The first-order chi connectivity index (χ1) is 22.8. The highest BCUT2D eigenvalue weighted by Gasteiger charge is 3.04. The third-order valence-electron chi connectivity index (χ3n) is 9.84. The molecule has 12 heteroatoms. The number of carbonyl (C=O) groups is 1. The fourth-order valence-corrected chi connectivity index (χ4v) is 7.61. The Bertz CT molecular complexity index is 916. The smallest absolute Gasteiger partial charge is 0.457 e. The summed E-state index contributed by atoms with van der Waals surface area (Å²) in [6, 6.07) is 0.544. The van der Waals surface area contributed by atoms with E-state index in [0.29, 0.717) is 12.5 Å². The molecule has 0 saturated carbocycles. The van der Waals surface area contributed by atoms with E-state index >= 15 is 0 Å². The highest BCUT2D eigenvalue weighted by molar-refractivity contribution is 7.47. The molecule has 5 N–H and O–H groups in total. The Morgan fingerprint density at radius 2 is 1.32 bits per heavy atom. The van der Waals surface area contributed by atoms with Crippen LogP contribution in [0.4, 0.5) is 0 Å². The molecule has 0 aromatic rings. The number of hydrogen-bond donors (Lipinski definition) is 4. The van der Waals surface area contributed by atoms with Gasteiger partial charge in [-0.15, -0.1) is 0 Å². The summed E-state index contributed by atoms with van der Waals surface area (Å²) >= 11 is 0. The maximum Gasteiger partial charge on any atom is 0.472 e. The van der Waals surface area contributed by atoms with Crippen LogP contribution in [0.3, 0.4) is 0 Å². The van der Waals surface area contributed by atoms with Crippen LogP contribution in [-0.2, 0) is 27.6 Å². The highest BCUT2D eigenvalue weighted by Crippen LogP contribution is 2.68. The van der Waals surface area contributed by atoms with Gasteiger partial charge in [-0.25, -0.2) is 4.57 Å². The number of nitrogens with one attached hydrogen (secondary N) is 1. The zero-order chi connectivity index (χ0) is 34.0. The molecule has 3 aliphatic heterocycles. The maximum atomic E-state index is 12.5. The molecule has 3 heterocycles. The molecule has 0 spiro atoms. The number of hydrogen-bond acceptors (Lipinski definition) is 9. The van der Waals surface area contributed by atoms with Gasteiger partial charge in [0.15, 0.2) is 6.61 Å². The van der Waals surface area contributed by atoms with Crippen molar-refractivity contribution in [2.45, 2.75) is 192 Å². The number of fused-ring (bicyclic) bond motifs is 1. The summed E-state index contributed by atoms with van der Waals surface area (Å²) in [4.78, 5) is 22.5. The molecule has 0 bridgehead atoms.